The maximum absolute atomic E-state index is 14.0. The van der Waals surface area contributed by atoms with Crippen molar-refractivity contribution in [1.82, 2.24) is 0 Å². The van der Waals surface area contributed by atoms with Crippen molar-refractivity contribution >= 4 is 0 Å². The van der Waals surface area contributed by atoms with E-state index in [4.69, 9.17) is 9.47 Å². The second-order valence-corrected chi connectivity index (χ2v) is 5.12. The molecule has 0 aromatic heterocycles. The first-order valence-electron chi connectivity index (χ1n) is 5.24. The van der Waals surface area contributed by atoms with E-state index < -0.39 is 22.9 Å². The van der Waals surface area contributed by atoms with Gasteiger partial charge in [0.05, 0.1) is 6.61 Å². The summed E-state index contributed by atoms with van der Waals surface area (Å²) >= 11 is 0. The zero-order chi connectivity index (χ0) is 12.2. The number of halogens is 2. The van der Waals surface area contributed by atoms with Gasteiger partial charge in [-0.3, -0.25) is 0 Å². The minimum Gasteiger partial charge on any atom is -0.386 e. The van der Waals surface area contributed by atoms with Crippen LogP contribution in [0.25, 0.3) is 0 Å². The summed E-state index contributed by atoms with van der Waals surface area (Å²) in [6.07, 6.45) is 2.19. The smallest absolute Gasteiger partial charge is 0.300 e. The van der Waals surface area contributed by atoms with Gasteiger partial charge in [-0.25, -0.2) is 0 Å². The Hall–Kier alpha value is -0.520. The van der Waals surface area contributed by atoms with Gasteiger partial charge < -0.3 is 14.6 Å². The summed E-state index contributed by atoms with van der Waals surface area (Å²) in [6, 6.07) is 0. The molecule has 1 heterocycles. The molecule has 1 aliphatic carbocycles. The lowest BCUT2D eigenvalue weighted by molar-refractivity contribution is -0.276. The Kier molecular flexibility index (Phi) is 2.26. The highest BCUT2D eigenvalue weighted by Crippen LogP contribution is 2.52. The summed E-state index contributed by atoms with van der Waals surface area (Å²) in [5, 5.41) is 10.2. The van der Waals surface area contributed by atoms with Gasteiger partial charge in [0.25, 0.3) is 5.92 Å². The van der Waals surface area contributed by atoms with E-state index in [1.54, 1.807) is 13.8 Å². The van der Waals surface area contributed by atoms with Gasteiger partial charge in [0, 0.05) is 0 Å². The van der Waals surface area contributed by atoms with Crippen molar-refractivity contribution in [3.8, 4) is 0 Å². The fourth-order valence-electron chi connectivity index (χ4n) is 2.28. The van der Waals surface area contributed by atoms with Crippen molar-refractivity contribution in [2.75, 3.05) is 6.61 Å². The van der Waals surface area contributed by atoms with Crippen LogP contribution in [0.2, 0.25) is 0 Å². The molecular weight excluding hydrogens is 218 g/mol. The summed E-state index contributed by atoms with van der Waals surface area (Å²) in [5.74, 6) is -4.33. The molecule has 1 saturated heterocycles. The molecule has 0 amide bonds. The maximum Gasteiger partial charge on any atom is 0.300 e. The van der Waals surface area contributed by atoms with Gasteiger partial charge in [-0.2, -0.15) is 8.78 Å². The molecular formula is C11H16F2O3. The maximum atomic E-state index is 14.0. The van der Waals surface area contributed by atoms with Crippen LogP contribution in [-0.2, 0) is 9.47 Å². The minimum absolute atomic E-state index is 0.127. The van der Waals surface area contributed by atoms with Crippen molar-refractivity contribution in [1.29, 1.82) is 0 Å². The fraction of sp³-hybridized carbons (Fsp3) is 0.818. The molecule has 0 radical (unpaired) electrons. The van der Waals surface area contributed by atoms with Crippen LogP contribution in [0.1, 0.15) is 27.2 Å². The Bertz CT molecular complexity index is 336. The van der Waals surface area contributed by atoms with Gasteiger partial charge in [-0.15, -0.1) is 0 Å². The Morgan fingerprint density at radius 1 is 1.25 bits per heavy atom. The highest BCUT2D eigenvalue weighted by atomic mass is 19.3. The van der Waals surface area contributed by atoms with Crippen molar-refractivity contribution in [3.63, 3.8) is 0 Å². The SMILES string of the molecule is CC1(C)OC[C@]2(O1)C(F)(F)C=CC[C@]2(C)O. The molecule has 1 fully saturated rings. The number of ether oxygens (including phenoxy) is 2. The monoisotopic (exact) mass is 234 g/mol. The number of rotatable bonds is 0. The lowest BCUT2D eigenvalue weighted by atomic mass is 9.74. The van der Waals surface area contributed by atoms with Crippen molar-refractivity contribution in [2.45, 2.75) is 50.1 Å². The molecule has 2 atom stereocenters. The summed E-state index contributed by atoms with van der Waals surface area (Å²) < 4.78 is 38.4. The average molecular weight is 234 g/mol. The molecule has 1 aliphatic heterocycles. The second kappa shape index (κ2) is 3.03. The van der Waals surface area contributed by atoms with E-state index in [0.717, 1.165) is 6.08 Å². The molecule has 16 heavy (non-hydrogen) atoms. The normalized spacial score (nSPS) is 45.1. The van der Waals surface area contributed by atoms with Crippen LogP contribution < -0.4 is 0 Å². The van der Waals surface area contributed by atoms with Crippen LogP contribution in [-0.4, -0.2) is 34.6 Å². The van der Waals surface area contributed by atoms with Gasteiger partial charge in [0.1, 0.15) is 5.60 Å². The standard InChI is InChI=1S/C11H16F2O3/c1-8(2)15-7-10(16-8)9(3,14)5-4-6-11(10,12)13/h4,6,14H,5,7H2,1-3H3/t9-,10+/m0/s1. The van der Waals surface area contributed by atoms with E-state index in [-0.39, 0.29) is 13.0 Å². The zero-order valence-electron chi connectivity index (χ0n) is 9.59. The molecule has 2 rings (SSSR count). The molecule has 1 spiro atoms. The Balaban J connectivity index is 2.47. The van der Waals surface area contributed by atoms with Crippen LogP contribution in [0.5, 0.6) is 0 Å². The molecule has 92 valence electrons. The van der Waals surface area contributed by atoms with Crippen LogP contribution >= 0.6 is 0 Å². The lowest BCUT2D eigenvalue weighted by Gasteiger charge is -2.46. The first kappa shape index (κ1) is 12.0. The highest BCUT2D eigenvalue weighted by molar-refractivity contribution is 5.23. The Morgan fingerprint density at radius 3 is 2.31 bits per heavy atom. The van der Waals surface area contributed by atoms with Crippen molar-refractivity contribution in [3.05, 3.63) is 12.2 Å². The molecule has 5 heteroatoms. The summed E-state index contributed by atoms with van der Waals surface area (Å²) in [4.78, 5) is 0. The third kappa shape index (κ3) is 1.42. The molecule has 0 aromatic carbocycles. The van der Waals surface area contributed by atoms with Crippen LogP contribution in [0.3, 0.4) is 0 Å². The van der Waals surface area contributed by atoms with E-state index in [9.17, 15) is 13.9 Å². The summed E-state index contributed by atoms with van der Waals surface area (Å²) in [7, 11) is 0. The number of alkyl halides is 2. The van der Waals surface area contributed by atoms with Crippen LogP contribution in [0.4, 0.5) is 8.78 Å². The molecule has 0 aromatic rings. The number of aliphatic hydroxyl groups is 1. The van der Waals surface area contributed by atoms with Gasteiger partial charge in [0.15, 0.2) is 11.4 Å². The molecule has 0 saturated carbocycles. The first-order chi connectivity index (χ1) is 7.12. The fourth-order valence-corrected chi connectivity index (χ4v) is 2.28. The van der Waals surface area contributed by atoms with E-state index in [0.29, 0.717) is 0 Å². The average Bonchev–Trinajstić information content (AvgIpc) is 2.41. The van der Waals surface area contributed by atoms with E-state index in [1.165, 1.54) is 13.0 Å². The van der Waals surface area contributed by atoms with Gasteiger partial charge in [-0.1, -0.05) is 6.08 Å². The summed E-state index contributed by atoms with van der Waals surface area (Å²) in [5.41, 5.74) is -3.63. The van der Waals surface area contributed by atoms with Crippen LogP contribution in [0.15, 0.2) is 12.2 Å². The lowest BCUT2D eigenvalue weighted by Crippen LogP contribution is -2.66. The van der Waals surface area contributed by atoms with Gasteiger partial charge in [0.2, 0.25) is 0 Å². The highest BCUT2D eigenvalue weighted by Gasteiger charge is 2.69. The molecule has 0 unspecified atom stereocenters. The Morgan fingerprint density at radius 2 is 1.88 bits per heavy atom. The van der Waals surface area contributed by atoms with Crippen LogP contribution in [0, 0.1) is 0 Å². The first-order valence-corrected chi connectivity index (χ1v) is 5.24. The van der Waals surface area contributed by atoms with Crippen molar-refractivity contribution in [2.24, 2.45) is 0 Å². The predicted octanol–water partition coefficient (Wildman–Crippen LogP) is 1.85. The molecule has 1 N–H and O–H groups in total. The third-order valence-corrected chi connectivity index (χ3v) is 3.29. The Labute approximate surface area is 93.0 Å². The van der Waals surface area contributed by atoms with Crippen molar-refractivity contribution < 1.29 is 23.4 Å². The van der Waals surface area contributed by atoms with Gasteiger partial charge in [-0.05, 0) is 33.3 Å². The molecule has 2 aliphatic rings. The molecule has 3 nitrogen and oxygen atoms in total. The topological polar surface area (TPSA) is 38.7 Å². The summed E-state index contributed by atoms with van der Waals surface area (Å²) in [6.45, 7) is 4.16. The molecule has 0 bridgehead atoms. The van der Waals surface area contributed by atoms with E-state index >= 15 is 0 Å². The zero-order valence-corrected chi connectivity index (χ0v) is 9.59. The largest absolute Gasteiger partial charge is 0.386 e. The quantitative estimate of drug-likeness (QED) is 0.650. The predicted molar refractivity (Wildman–Crippen MR) is 53.2 cm³/mol. The third-order valence-electron chi connectivity index (χ3n) is 3.29. The van der Waals surface area contributed by atoms with E-state index in [1.807, 2.05) is 0 Å². The van der Waals surface area contributed by atoms with E-state index in [2.05, 4.69) is 0 Å². The van der Waals surface area contributed by atoms with Gasteiger partial charge >= 0.3 is 0 Å². The minimum atomic E-state index is -3.23. The number of hydrogen-bond donors (Lipinski definition) is 1. The second-order valence-electron chi connectivity index (χ2n) is 5.12. The number of hydrogen-bond acceptors (Lipinski definition) is 3.